The summed E-state index contributed by atoms with van der Waals surface area (Å²) < 4.78 is 18.2. The van der Waals surface area contributed by atoms with Gasteiger partial charge in [-0.2, -0.15) is 0 Å². The van der Waals surface area contributed by atoms with Crippen molar-refractivity contribution in [3.63, 3.8) is 0 Å². The molecule has 2 amide bonds. The quantitative estimate of drug-likeness (QED) is 0.827. The molecular formula is C21H19FN2O4. The third-order valence-corrected chi connectivity index (χ3v) is 5.33. The first-order valence-electron chi connectivity index (χ1n) is 9.17. The fourth-order valence-electron chi connectivity index (χ4n) is 3.99. The summed E-state index contributed by atoms with van der Waals surface area (Å²) in [5, 5.41) is 2.90. The number of rotatable bonds is 3. The second-order valence-corrected chi connectivity index (χ2v) is 7.02. The maximum absolute atomic E-state index is 13.1. The molecule has 2 aliphatic rings. The molecule has 1 fully saturated rings. The van der Waals surface area contributed by atoms with Crippen LogP contribution in [0.3, 0.4) is 0 Å². The van der Waals surface area contributed by atoms with Crippen LogP contribution in [-0.4, -0.2) is 29.9 Å². The zero-order valence-electron chi connectivity index (χ0n) is 15.1. The molecule has 144 valence electrons. The Morgan fingerprint density at radius 2 is 1.75 bits per heavy atom. The zero-order valence-corrected chi connectivity index (χ0v) is 15.1. The van der Waals surface area contributed by atoms with E-state index in [1.54, 1.807) is 24.3 Å². The van der Waals surface area contributed by atoms with Crippen LogP contribution in [0.5, 0.6) is 0 Å². The van der Waals surface area contributed by atoms with Gasteiger partial charge >= 0.3 is 5.97 Å². The van der Waals surface area contributed by atoms with Crippen LogP contribution in [-0.2, 0) is 14.3 Å². The lowest BCUT2D eigenvalue weighted by molar-refractivity contribution is -0.129. The molecule has 2 aromatic rings. The standard InChI is InChI=1S/C21H19FN2O4/c22-15-9-7-14(8-10-15)19(26)28-13-18(25)24-17-6-2-1-5-16(17)23-20(27)21(24)11-3-4-12-21/h1-2,5-10H,3-4,11-13H2,(H,23,27). The number of hydrogen-bond donors (Lipinski definition) is 1. The van der Waals surface area contributed by atoms with Crippen LogP contribution < -0.4 is 10.2 Å². The highest BCUT2D eigenvalue weighted by Crippen LogP contribution is 2.45. The lowest BCUT2D eigenvalue weighted by atomic mass is 9.90. The molecule has 1 saturated carbocycles. The second kappa shape index (κ2) is 7.07. The molecule has 0 bridgehead atoms. The summed E-state index contributed by atoms with van der Waals surface area (Å²) in [6.07, 6.45) is 2.80. The maximum atomic E-state index is 13.1. The van der Waals surface area contributed by atoms with E-state index in [-0.39, 0.29) is 11.5 Å². The molecule has 6 nitrogen and oxygen atoms in total. The zero-order chi connectivity index (χ0) is 19.7. The predicted molar refractivity (Wildman–Crippen MR) is 100 cm³/mol. The van der Waals surface area contributed by atoms with Crippen molar-refractivity contribution >= 4 is 29.2 Å². The molecule has 1 aliphatic heterocycles. The van der Waals surface area contributed by atoms with Crippen LogP contribution in [0, 0.1) is 5.82 Å². The first-order valence-corrected chi connectivity index (χ1v) is 9.17. The van der Waals surface area contributed by atoms with Gasteiger partial charge in [0.1, 0.15) is 11.4 Å². The number of ether oxygens (including phenoxy) is 1. The monoisotopic (exact) mass is 382 g/mol. The van der Waals surface area contributed by atoms with Crippen LogP contribution in [0.2, 0.25) is 0 Å². The Hall–Kier alpha value is -3.22. The molecule has 1 heterocycles. The highest BCUT2D eigenvalue weighted by molar-refractivity contribution is 6.15. The molecule has 0 aromatic heterocycles. The normalized spacial score (nSPS) is 17.2. The van der Waals surface area contributed by atoms with Crippen molar-refractivity contribution in [1.82, 2.24) is 0 Å². The van der Waals surface area contributed by atoms with Gasteiger partial charge < -0.3 is 10.1 Å². The Bertz CT molecular complexity index is 936. The van der Waals surface area contributed by atoms with E-state index in [1.807, 2.05) is 0 Å². The SMILES string of the molecule is O=C(OCC(=O)N1c2ccccc2NC(=O)C12CCCC2)c1ccc(F)cc1. The third kappa shape index (κ3) is 3.02. The van der Waals surface area contributed by atoms with Gasteiger partial charge in [0.2, 0.25) is 0 Å². The lowest BCUT2D eigenvalue weighted by Crippen LogP contribution is -2.61. The summed E-state index contributed by atoms with van der Waals surface area (Å²) >= 11 is 0. The van der Waals surface area contributed by atoms with E-state index < -0.39 is 29.8 Å². The minimum atomic E-state index is -0.951. The largest absolute Gasteiger partial charge is 0.452 e. The van der Waals surface area contributed by atoms with Crippen LogP contribution in [0.1, 0.15) is 36.0 Å². The van der Waals surface area contributed by atoms with E-state index in [0.29, 0.717) is 24.2 Å². The summed E-state index contributed by atoms with van der Waals surface area (Å²) in [5.74, 6) is -1.85. The van der Waals surface area contributed by atoms with Gasteiger partial charge in [-0.3, -0.25) is 14.5 Å². The van der Waals surface area contributed by atoms with Gasteiger partial charge in [0.25, 0.3) is 11.8 Å². The Labute approximate surface area is 161 Å². The van der Waals surface area contributed by atoms with Crippen molar-refractivity contribution in [2.75, 3.05) is 16.8 Å². The van der Waals surface area contributed by atoms with E-state index in [4.69, 9.17) is 4.74 Å². The second-order valence-electron chi connectivity index (χ2n) is 7.02. The van der Waals surface area contributed by atoms with E-state index in [0.717, 1.165) is 25.0 Å². The highest BCUT2D eigenvalue weighted by atomic mass is 19.1. The summed E-state index contributed by atoms with van der Waals surface area (Å²) in [6.45, 7) is -0.500. The van der Waals surface area contributed by atoms with Gasteiger partial charge in [0.05, 0.1) is 16.9 Å². The number of amides is 2. The Kier molecular flexibility index (Phi) is 4.58. The van der Waals surface area contributed by atoms with Crippen molar-refractivity contribution in [3.8, 4) is 0 Å². The van der Waals surface area contributed by atoms with E-state index in [9.17, 15) is 18.8 Å². The van der Waals surface area contributed by atoms with Crippen LogP contribution in [0.25, 0.3) is 0 Å². The summed E-state index contributed by atoms with van der Waals surface area (Å²) in [5.41, 5.74) is 0.366. The van der Waals surface area contributed by atoms with Crippen molar-refractivity contribution in [2.45, 2.75) is 31.2 Å². The number of nitrogens with one attached hydrogen (secondary N) is 1. The average molecular weight is 382 g/mol. The number of carbonyl (C=O) groups excluding carboxylic acids is 3. The lowest BCUT2D eigenvalue weighted by Gasteiger charge is -2.44. The molecule has 1 spiro atoms. The van der Waals surface area contributed by atoms with Crippen molar-refractivity contribution in [2.24, 2.45) is 0 Å². The highest BCUT2D eigenvalue weighted by Gasteiger charge is 2.52. The molecule has 0 radical (unpaired) electrons. The summed E-state index contributed by atoms with van der Waals surface area (Å²) in [4.78, 5) is 39.6. The third-order valence-electron chi connectivity index (χ3n) is 5.33. The van der Waals surface area contributed by atoms with Crippen LogP contribution in [0.4, 0.5) is 15.8 Å². The Morgan fingerprint density at radius 3 is 2.46 bits per heavy atom. The smallest absolute Gasteiger partial charge is 0.338 e. The van der Waals surface area contributed by atoms with Gasteiger partial charge in [0.15, 0.2) is 6.61 Å². The minimum Gasteiger partial charge on any atom is -0.452 e. The van der Waals surface area contributed by atoms with Crippen molar-refractivity contribution < 1.29 is 23.5 Å². The molecule has 7 heteroatoms. The number of para-hydroxylation sites is 2. The molecule has 0 atom stereocenters. The predicted octanol–water partition coefficient (Wildman–Crippen LogP) is 3.28. The van der Waals surface area contributed by atoms with Gasteiger partial charge in [0, 0.05) is 0 Å². The molecule has 4 rings (SSSR count). The number of anilines is 2. The summed E-state index contributed by atoms with van der Waals surface area (Å²) in [6, 6.07) is 12.0. The molecule has 2 aromatic carbocycles. The Morgan fingerprint density at radius 1 is 1.07 bits per heavy atom. The minimum absolute atomic E-state index is 0.154. The Balaban J connectivity index is 1.58. The van der Waals surface area contributed by atoms with E-state index >= 15 is 0 Å². The molecule has 1 aliphatic carbocycles. The first kappa shape index (κ1) is 18.2. The van der Waals surface area contributed by atoms with Crippen LogP contribution in [0.15, 0.2) is 48.5 Å². The molecule has 28 heavy (non-hydrogen) atoms. The van der Waals surface area contributed by atoms with Gasteiger partial charge in [-0.15, -0.1) is 0 Å². The van der Waals surface area contributed by atoms with Gasteiger partial charge in [-0.1, -0.05) is 25.0 Å². The van der Waals surface area contributed by atoms with Gasteiger partial charge in [-0.05, 0) is 49.2 Å². The van der Waals surface area contributed by atoms with E-state index in [2.05, 4.69) is 5.32 Å². The molecule has 1 N–H and O–H groups in total. The number of fused-ring (bicyclic) bond motifs is 1. The van der Waals surface area contributed by atoms with Crippen molar-refractivity contribution in [1.29, 1.82) is 0 Å². The number of benzene rings is 2. The fraction of sp³-hybridized carbons (Fsp3) is 0.286. The fourth-order valence-corrected chi connectivity index (χ4v) is 3.99. The number of halogens is 1. The molecular weight excluding hydrogens is 363 g/mol. The number of nitrogens with zero attached hydrogens (tertiary/aromatic N) is 1. The first-order chi connectivity index (χ1) is 13.5. The number of hydrogen-bond acceptors (Lipinski definition) is 4. The number of carbonyl (C=O) groups is 3. The molecule has 0 unspecified atom stereocenters. The maximum Gasteiger partial charge on any atom is 0.338 e. The van der Waals surface area contributed by atoms with Gasteiger partial charge in [-0.25, -0.2) is 9.18 Å². The topological polar surface area (TPSA) is 75.7 Å². The average Bonchev–Trinajstić information content (AvgIpc) is 3.18. The van der Waals surface area contributed by atoms with Crippen LogP contribution >= 0.6 is 0 Å². The molecule has 0 saturated heterocycles. The summed E-state index contributed by atoms with van der Waals surface area (Å²) in [7, 11) is 0. The number of esters is 1. The van der Waals surface area contributed by atoms with E-state index in [1.165, 1.54) is 17.0 Å². The van der Waals surface area contributed by atoms with Crippen molar-refractivity contribution in [3.05, 3.63) is 59.9 Å².